The topological polar surface area (TPSA) is 26.3 Å². The fourth-order valence-electron chi connectivity index (χ4n) is 8.21. The van der Waals surface area contributed by atoms with Crippen LogP contribution >= 0.6 is 0 Å². The van der Waals surface area contributed by atoms with Gasteiger partial charge >= 0.3 is 0 Å². The largest absolute Gasteiger partial charge is 0.490 e. The summed E-state index contributed by atoms with van der Waals surface area (Å²) in [6, 6.07) is 0. The first-order valence-corrected chi connectivity index (χ1v) is 11.0. The van der Waals surface area contributed by atoms with Crippen LogP contribution in [0.25, 0.3) is 0 Å². The Hall–Kier alpha value is -1.05. The third-order valence-corrected chi connectivity index (χ3v) is 9.91. The predicted molar refractivity (Wildman–Crippen MR) is 103 cm³/mol. The van der Waals surface area contributed by atoms with Crippen molar-refractivity contribution in [2.24, 2.45) is 34.0 Å². The maximum Gasteiger partial charge on any atom is 0.157 e. The zero-order chi connectivity index (χ0) is 18.0. The minimum Gasteiger partial charge on any atom is -0.490 e. The van der Waals surface area contributed by atoms with E-state index in [9.17, 15) is 4.79 Å². The van der Waals surface area contributed by atoms with E-state index in [1.165, 1.54) is 63.4 Å². The molecule has 0 N–H and O–H groups in total. The molecule has 26 heavy (non-hydrogen) atoms. The molecule has 5 rings (SSSR count). The van der Waals surface area contributed by atoms with E-state index in [4.69, 9.17) is 4.74 Å². The van der Waals surface area contributed by atoms with Gasteiger partial charge in [-0.3, -0.25) is 4.79 Å². The summed E-state index contributed by atoms with van der Waals surface area (Å²) in [5, 5.41) is 0. The Morgan fingerprint density at radius 3 is 2.65 bits per heavy atom. The summed E-state index contributed by atoms with van der Waals surface area (Å²) in [5.41, 5.74) is 3.17. The van der Waals surface area contributed by atoms with E-state index < -0.39 is 0 Å². The molecular weight excluding hydrogens is 320 g/mol. The van der Waals surface area contributed by atoms with E-state index in [0.29, 0.717) is 10.8 Å². The molecule has 0 unspecified atom stereocenters. The zero-order valence-electron chi connectivity index (χ0n) is 16.6. The quantitative estimate of drug-likeness (QED) is 0.596. The van der Waals surface area contributed by atoms with Crippen molar-refractivity contribution in [2.75, 3.05) is 6.61 Å². The van der Waals surface area contributed by atoms with Crippen LogP contribution in [0.4, 0.5) is 0 Å². The second-order valence-electron chi connectivity index (χ2n) is 10.4. The van der Waals surface area contributed by atoms with Gasteiger partial charge in [0.2, 0.25) is 0 Å². The number of aldehydes is 1. The van der Waals surface area contributed by atoms with Crippen molar-refractivity contribution < 1.29 is 9.53 Å². The van der Waals surface area contributed by atoms with Crippen molar-refractivity contribution >= 4 is 6.29 Å². The highest BCUT2D eigenvalue weighted by atomic mass is 16.5. The lowest BCUT2D eigenvalue weighted by atomic mass is 9.43. The van der Waals surface area contributed by atoms with Crippen LogP contribution < -0.4 is 0 Å². The minimum atomic E-state index is 0.199. The first-order valence-electron chi connectivity index (χ1n) is 11.0. The molecule has 0 aromatic rings. The van der Waals surface area contributed by atoms with Gasteiger partial charge in [-0.1, -0.05) is 26.3 Å². The van der Waals surface area contributed by atoms with E-state index in [-0.39, 0.29) is 6.61 Å². The number of allylic oxidation sites excluding steroid dienone is 4. The summed E-state index contributed by atoms with van der Waals surface area (Å²) in [5.74, 6) is 3.72. The molecule has 2 heteroatoms. The van der Waals surface area contributed by atoms with Crippen LogP contribution in [0.2, 0.25) is 0 Å². The SMILES string of the molecule is C[C@]12CCC(OCC=O)=CC1=CC[C@@H]1[C@@H]2CC[C@@]2(C)[C@H]1CCC21CCC1. The van der Waals surface area contributed by atoms with Gasteiger partial charge in [0.1, 0.15) is 6.61 Å². The average Bonchev–Trinajstić information content (AvgIpc) is 2.93. The summed E-state index contributed by atoms with van der Waals surface area (Å²) < 4.78 is 5.65. The molecule has 142 valence electrons. The Morgan fingerprint density at radius 2 is 1.92 bits per heavy atom. The summed E-state index contributed by atoms with van der Waals surface area (Å²) in [7, 11) is 0. The molecule has 0 bridgehead atoms. The molecule has 5 atom stereocenters. The van der Waals surface area contributed by atoms with Crippen LogP contribution in [-0.4, -0.2) is 12.9 Å². The number of carbonyl (C=O) groups excluding carboxylic acids is 1. The van der Waals surface area contributed by atoms with Gasteiger partial charge in [0.15, 0.2) is 6.29 Å². The number of hydrogen-bond acceptors (Lipinski definition) is 2. The second-order valence-corrected chi connectivity index (χ2v) is 10.4. The highest BCUT2D eigenvalue weighted by Gasteiger charge is 2.64. The molecule has 0 aliphatic heterocycles. The van der Waals surface area contributed by atoms with Crippen molar-refractivity contribution in [3.8, 4) is 0 Å². The highest BCUT2D eigenvalue weighted by molar-refractivity contribution is 5.51. The lowest BCUT2D eigenvalue weighted by molar-refractivity contribution is -0.111. The van der Waals surface area contributed by atoms with Gasteiger partial charge in [-0.05, 0) is 97.0 Å². The number of hydrogen-bond donors (Lipinski definition) is 0. The Bertz CT molecular complexity index is 670. The van der Waals surface area contributed by atoms with Crippen LogP contribution in [0.5, 0.6) is 0 Å². The van der Waals surface area contributed by atoms with E-state index in [2.05, 4.69) is 26.0 Å². The predicted octanol–water partition coefficient (Wildman–Crippen LogP) is 5.83. The molecule has 3 saturated carbocycles. The van der Waals surface area contributed by atoms with Crippen molar-refractivity contribution in [3.63, 3.8) is 0 Å². The normalized spacial score (nSPS) is 45.5. The summed E-state index contributed by atoms with van der Waals surface area (Å²) in [6.07, 6.45) is 19.5. The monoisotopic (exact) mass is 354 g/mol. The van der Waals surface area contributed by atoms with Crippen molar-refractivity contribution in [2.45, 2.75) is 78.1 Å². The van der Waals surface area contributed by atoms with Crippen LogP contribution in [-0.2, 0) is 9.53 Å². The second kappa shape index (κ2) is 5.72. The smallest absolute Gasteiger partial charge is 0.157 e. The maximum atomic E-state index is 10.6. The first kappa shape index (κ1) is 17.1. The molecule has 0 saturated heterocycles. The van der Waals surface area contributed by atoms with Gasteiger partial charge in [0.25, 0.3) is 0 Å². The van der Waals surface area contributed by atoms with Crippen molar-refractivity contribution in [1.82, 2.24) is 0 Å². The fourth-order valence-corrected chi connectivity index (χ4v) is 8.21. The van der Waals surface area contributed by atoms with Crippen molar-refractivity contribution in [1.29, 1.82) is 0 Å². The standard InChI is InChI=1S/C24H34O2/c1-22-11-6-18(26-15-14-25)16-17(22)4-5-19-20(22)7-12-23(2)21(19)8-13-24(23)9-3-10-24/h4,14,16,19-21H,3,5-13,15H2,1-2H3/t19-,20+,21+,22+,23+/m1/s1. The third-order valence-electron chi connectivity index (χ3n) is 9.91. The van der Waals surface area contributed by atoms with Crippen LogP contribution in [0.3, 0.4) is 0 Å². The molecule has 0 heterocycles. The zero-order valence-corrected chi connectivity index (χ0v) is 16.6. The van der Waals surface area contributed by atoms with Gasteiger partial charge in [0.05, 0.1) is 5.76 Å². The molecule has 0 aromatic heterocycles. The van der Waals surface area contributed by atoms with E-state index in [0.717, 1.165) is 41.6 Å². The van der Waals surface area contributed by atoms with Crippen LogP contribution in [0, 0.1) is 34.0 Å². The van der Waals surface area contributed by atoms with E-state index in [1.807, 2.05) is 0 Å². The van der Waals surface area contributed by atoms with Gasteiger partial charge in [0, 0.05) is 6.42 Å². The van der Waals surface area contributed by atoms with Gasteiger partial charge in [-0.25, -0.2) is 0 Å². The third kappa shape index (κ3) is 2.08. The molecule has 0 amide bonds. The molecule has 0 aromatic carbocycles. The van der Waals surface area contributed by atoms with Gasteiger partial charge in [-0.15, -0.1) is 0 Å². The number of fused-ring (bicyclic) bond motifs is 6. The van der Waals surface area contributed by atoms with E-state index in [1.54, 1.807) is 0 Å². The molecule has 5 aliphatic rings. The van der Waals surface area contributed by atoms with Gasteiger partial charge < -0.3 is 4.74 Å². The average molecular weight is 355 g/mol. The lowest BCUT2D eigenvalue weighted by Crippen LogP contribution is -2.53. The van der Waals surface area contributed by atoms with E-state index >= 15 is 0 Å². The highest BCUT2D eigenvalue weighted by Crippen LogP contribution is 2.73. The Labute approximate surface area is 158 Å². The fraction of sp³-hybridized carbons (Fsp3) is 0.792. The Morgan fingerprint density at radius 1 is 1.12 bits per heavy atom. The molecule has 0 radical (unpaired) electrons. The van der Waals surface area contributed by atoms with Crippen LogP contribution in [0.15, 0.2) is 23.5 Å². The van der Waals surface area contributed by atoms with Gasteiger partial charge in [-0.2, -0.15) is 0 Å². The summed E-state index contributed by atoms with van der Waals surface area (Å²) >= 11 is 0. The summed E-state index contributed by atoms with van der Waals surface area (Å²) in [6.45, 7) is 5.40. The Balaban J connectivity index is 1.44. The number of carbonyl (C=O) groups is 1. The Kier molecular flexibility index (Phi) is 3.76. The number of ether oxygens (including phenoxy) is 1. The van der Waals surface area contributed by atoms with Crippen LogP contribution in [0.1, 0.15) is 78.1 Å². The molecule has 2 nitrogen and oxygen atoms in total. The maximum absolute atomic E-state index is 10.6. The van der Waals surface area contributed by atoms with Crippen molar-refractivity contribution in [3.05, 3.63) is 23.5 Å². The minimum absolute atomic E-state index is 0.199. The molecular formula is C24H34O2. The summed E-state index contributed by atoms with van der Waals surface area (Å²) in [4.78, 5) is 10.6. The first-order chi connectivity index (χ1) is 12.5. The number of rotatable bonds is 3. The molecule has 5 aliphatic carbocycles. The molecule has 1 spiro atoms. The molecule has 3 fully saturated rings. The lowest BCUT2D eigenvalue weighted by Gasteiger charge is -2.61.